The van der Waals surface area contributed by atoms with Gasteiger partial charge in [-0.1, -0.05) is 48.0 Å². The van der Waals surface area contributed by atoms with Crippen molar-refractivity contribution in [1.82, 2.24) is 4.72 Å². The molecule has 1 heterocycles. The third kappa shape index (κ3) is 4.20. The summed E-state index contributed by atoms with van der Waals surface area (Å²) < 4.78 is 29.5. The summed E-state index contributed by atoms with van der Waals surface area (Å²) in [4.78, 5) is 26.6. The number of para-hydroxylation sites is 2. The Hall–Kier alpha value is -3.20. The molecule has 3 aromatic carbocycles. The van der Waals surface area contributed by atoms with Crippen LogP contribution in [0.2, 0.25) is 5.02 Å². The van der Waals surface area contributed by atoms with Gasteiger partial charge in [0.25, 0.3) is 5.91 Å². The second-order valence-corrected chi connectivity index (χ2v) is 10.5. The number of fused-ring (bicyclic) bond motifs is 2. The van der Waals surface area contributed by atoms with Crippen molar-refractivity contribution in [1.29, 1.82) is 0 Å². The average molecular weight is 496 g/mol. The fourth-order valence-corrected chi connectivity index (χ4v) is 6.32. The first-order valence-corrected chi connectivity index (χ1v) is 12.8. The van der Waals surface area contributed by atoms with E-state index in [9.17, 15) is 18.0 Å². The van der Waals surface area contributed by atoms with E-state index in [4.69, 9.17) is 11.6 Å². The summed E-state index contributed by atoms with van der Waals surface area (Å²) in [5, 5.41) is 2.75. The van der Waals surface area contributed by atoms with Crippen molar-refractivity contribution in [2.75, 3.05) is 16.8 Å². The lowest BCUT2D eigenvalue weighted by molar-refractivity contribution is -0.115. The van der Waals surface area contributed by atoms with Crippen LogP contribution >= 0.6 is 11.6 Å². The number of nitrogens with one attached hydrogen (secondary N) is 2. The molecule has 34 heavy (non-hydrogen) atoms. The normalized spacial score (nSPS) is 17.5. The molecule has 1 atom stereocenters. The molecular weight excluding hydrogens is 474 g/mol. The zero-order valence-corrected chi connectivity index (χ0v) is 19.7. The lowest BCUT2D eigenvalue weighted by Crippen LogP contribution is -2.42. The fraction of sp³-hybridized carbons (Fsp3) is 0.200. The van der Waals surface area contributed by atoms with Crippen LogP contribution in [0.3, 0.4) is 0 Å². The number of hydrogen-bond donors (Lipinski definition) is 2. The van der Waals surface area contributed by atoms with Crippen molar-refractivity contribution in [2.45, 2.75) is 30.2 Å². The van der Waals surface area contributed by atoms with Gasteiger partial charge in [-0.15, -0.1) is 0 Å². The number of anilines is 2. The highest BCUT2D eigenvalue weighted by Crippen LogP contribution is 2.33. The highest BCUT2D eigenvalue weighted by molar-refractivity contribution is 7.89. The number of carbonyl (C=O) groups is 2. The van der Waals surface area contributed by atoms with Crippen molar-refractivity contribution in [2.24, 2.45) is 0 Å². The lowest BCUT2D eigenvalue weighted by Gasteiger charge is -2.29. The minimum absolute atomic E-state index is 0.0185. The molecule has 2 amide bonds. The summed E-state index contributed by atoms with van der Waals surface area (Å²) in [6.45, 7) is -0.169. The van der Waals surface area contributed by atoms with Crippen LogP contribution in [-0.2, 0) is 21.2 Å². The van der Waals surface area contributed by atoms with E-state index in [1.807, 2.05) is 24.3 Å². The fourth-order valence-electron chi connectivity index (χ4n) is 4.54. The number of aryl methyl sites for hydroxylation is 1. The maximum Gasteiger partial charge on any atom is 0.258 e. The summed E-state index contributed by atoms with van der Waals surface area (Å²) >= 11 is 6.29. The molecule has 7 nitrogen and oxygen atoms in total. The van der Waals surface area contributed by atoms with Crippen molar-refractivity contribution in [3.05, 3.63) is 88.4 Å². The third-order valence-electron chi connectivity index (χ3n) is 6.15. The maximum absolute atomic E-state index is 13.3. The van der Waals surface area contributed by atoms with Crippen LogP contribution in [-0.4, -0.2) is 26.8 Å². The average Bonchev–Trinajstić information content (AvgIpc) is 2.83. The molecule has 0 fully saturated rings. The van der Waals surface area contributed by atoms with Gasteiger partial charge in [-0.25, -0.2) is 13.1 Å². The summed E-state index contributed by atoms with van der Waals surface area (Å²) in [7, 11) is -4.02. The smallest absolute Gasteiger partial charge is 0.258 e. The minimum atomic E-state index is -4.02. The largest absolute Gasteiger partial charge is 0.323 e. The molecule has 5 rings (SSSR count). The first kappa shape index (κ1) is 22.6. The Morgan fingerprint density at radius 1 is 1.06 bits per heavy atom. The van der Waals surface area contributed by atoms with Crippen LogP contribution in [0, 0.1) is 0 Å². The standard InChI is InChI=1S/C25H22ClN3O4S/c26-19-13-12-17(25(31)29-15-24(30)27-21-9-3-4-11-22(21)29)14-23(19)34(32,33)28-20-10-5-7-16-6-1-2-8-18(16)20/h1-4,6,8-9,11-14,20,28H,5,7,10,15H2,(H,27,30)/t20-/m1/s1. The Labute approximate surface area is 202 Å². The van der Waals surface area contributed by atoms with E-state index >= 15 is 0 Å². The molecule has 174 valence electrons. The van der Waals surface area contributed by atoms with Gasteiger partial charge in [-0.05, 0) is 60.7 Å². The molecule has 9 heteroatoms. The number of halogens is 1. The van der Waals surface area contributed by atoms with E-state index in [1.54, 1.807) is 24.3 Å². The Kier molecular flexibility index (Phi) is 5.89. The van der Waals surface area contributed by atoms with E-state index in [0.29, 0.717) is 17.8 Å². The second-order valence-electron chi connectivity index (χ2n) is 8.37. The molecule has 0 unspecified atom stereocenters. The summed E-state index contributed by atoms with van der Waals surface area (Å²) in [5.74, 6) is -0.815. The summed E-state index contributed by atoms with van der Waals surface area (Å²) in [6.07, 6.45) is 2.45. The second kappa shape index (κ2) is 8.87. The van der Waals surface area contributed by atoms with Gasteiger partial charge >= 0.3 is 0 Å². The van der Waals surface area contributed by atoms with Gasteiger partial charge in [0.05, 0.1) is 16.4 Å². The Balaban J connectivity index is 1.47. The molecule has 3 aromatic rings. The summed E-state index contributed by atoms with van der Waals surface area (Å²) in [5.41, 5.74) is 3.27. The number of amides is 2. The van der Waals surface area contributed by atoms with E-state index in [1.165, 1.54) is 23.1 Å². The molecule has 0 spiro atoms. The number of sulfonamides is 1. The number of benzene rings is 3. The molecule has 2 N–H and O–H groups in total. The Bertz CT molecular complexity index is 1410. The van der Waals surface area contributed by atoms with Crippen LogP contribution in [0.5, 0.6) is 0 Å². The van der Waals surface area contributed by atoms with Crippen LogP contribution in [0.25, 0.3) is 0 Å². The van der Waals surface area contributed by atoms with Gasteiger partial charge in [0, 0.05) is 11.6 Å². The summed E-state index contributed by atoms with van der Waals surface area (Å²) in [6, 6.07) is 18.5. The van der Waals surface area contributed by atoms with Crippen LogP contribution in [0.1, 0.15) is 40.4 Å². The van der Waals surface area contributed by atoms with Crippen molar-refractivity contribution in [3.8, 4) is 0 Å². The van der Waals surface area contributed by atoms with Crippen molar-refractivity contribution in [3.63, 3.8) is 0 Å². The predicted molar refractivity (Wildman–Crippen MR) is 131 cm³/mol. The minimum Gasteiger partial charge on any atom is -0.323 e. The van der Waals surface area contributed by atoms with Gasteiger partial charge < -0.3 is 5.32 Å². The number of hydrogen-bond acceptors (Lipinski definition) is 4. The third-order valence-corrected chi connectivity index (χ3v) is 8.10. The van der Waals surface area contributed by atoms with Gasteiger partial charge in [0.2, 0.25) is 15.9 Å². The van der Waals surface area contributed by atoms with Crippen LogP contribution < -0.4 is 14.9 Å². The first-order chi connectivity index (χ1) is 16.3. The molecule has 1 aliphatic carbocycles. The zero-order chi connectivity index (χ0) is 23.9. The highest BCUT2D eigenvalue weighted by atomic mass is 35.5. The highest BCUT2D eigenvalue weighted by Gasteiger charge is 2.30. The zero-order valence-electron chi connectivity index (χ0n) is 18.1. The number of nitrogens with zero attached hydrogens (tertiary/aromatic N) is 1. The van der Waals surface area contributed by atoms with Crippen molar-refractivity contribution >= 4 is 44.8 Å². The number of carbonyl (C=O) groups excluding carboxylic acids is 2. The van der Waals surface area contributed by atoms with E-state index in [-0.39, 0.29) is 34.0 Å². The lowest BCUT2D eigenvalue weighted by atomic mass is 9.88. The molecule has 0 radical (unpaired) electrons. The predicted octanol–water partition coefficient (Wildman–Crippen LogP) is 4.29. The van der Waals surface area contributed by atoms with Crippen LogP contribution in [0.4, 0.5) is 11.4 Å². The molecule has 1 aliphatic heterocycles. The quantitative estimate of drug-likeness (QED) is 0.564. The van der Waals surface area contributed by atoms with E-state index < -0.39 is 15.9 Å². The molecular formula is C25H22ClN3O4S. The topological polar surface area (TPSA) is 95.6 Å². The van der Waals surface area contributed by atoms with E-state index in [2.05, 4.69) is 10.0 Å². The molecule has 0 saturated carbocycles. The van der Waals surface area contributed by atoms with Gasteiger partial charge in [0.1, 0.15) is 11.4 Å². The SMILES string of the molecule is O=C1CN(C(=O)c2ccc(Cl)c(S(=O)(=O)N[C@@H]3CCCc4ccccc43)c2)c2ccccc2N1. The van der Waals surface area contributed by atoms with Crippen molar-refractivity contribution < 1.29 is 18.0 Å². The first-order valence-electron chi connectivity index (χ1n) is 10.9. The Morgan fingerprint density at radius 3 is 2.68 bits per heavy atom. The van der Waals surface area contributed by atoms with E-state index in [0.717, 1.165) is 24.0 Å². The molecule has 0 aromatic heterocycles. The van der Waals surface area contributed by atoms with Crippen LogP contribution in [0.15, 0.2) is 71.6 Å². The van der Waals surface area contributed by atoms with Gasteiger partial charge in [-0.2, -0.15) is 0 Å². The Morgan fingerprint density at radius 2 is 1.82 bits per heavy atom. The van der Waals surface area contributed by atoms with Gasteiger partial charge in [0.15, 0.2) is 0 Å². The molecule has 0 bridgehead atoms. The molecule has 2 aliphatic rings. The number of rotatable bonds is 4. The maximum atomic E-state index is 13.3. The molecule has 0 saturated heterocycles. The monoisotopic (exact) mass is 495 g/mol. The van der Waals surface area contributed by atoms with Gasteiger partial charge in [-0.3, -0.25) is 14.5 Å².